The summed E-state index contributed by atoms with van der Waals surface area (Å²) in [6.07, 6.45) is 1.68. The predicted octanol–water partition coefficient (Wildman–Crippen LogP) is 1.35. The number of carboxylic acid groups (broad SMARTS) is 1. The molecule has 2 heterocycles. The Kier molecular flexibility index (Phi) is 2.76. The maximum atomic E-state index is 10.6. The molecule has 0 aromatic carbocycles. The number of hydrogen-bond acceptors (Lipinski definition) is 6. The zero-order valence-corrected chi connectivity index (χ0v) is 9.09. The lowest BCUT2D eigenvalue weighted by Gasteiger charge is -1.99. The van der Waals surface area contributed by atoms with E-state index in [1.165, 1.54) is 22.7 Å². The van der Waals surface area contributed by atoms with Crippen molar-refractivity contribution < 1.29 is 9.90 Å². The highest BCUT2D eigenvalue weighted by molar-refractivity contribution is 7.19. The van der Waals surface area contributed by atoms with E-state index in [4.69, 9.17) is 10.8 Å². The van der Waals surface area contributed by atoms with Gasteiger partial charge in [-0.25, -0.2) is 9.97 Å². The van der Waals surface area contributed by atoms with Crippen molar-refractivity contribution in [3.63, 3.8) is 0 Å². The van der Waals surface area contributed by atoms with Gasteiger partial charge in [0.25, 0.3) is 0 Å². The van der Waals surface area contributed by atoms with Crippen LogP contribution in [0, 0.1) is 0 Å². The first kappa shape index (κ1) is 10.2. The summed E-state index contributed by atoms with van der Waals surface area (Å²) in [5, 5.41) is 13.7. The molecule has 3 N–H and O–H groups in total. The monoisotopic (exact) mass is 241 g/mol. The number of aliphatic carboxylic acids is 1. The minimum atomic E-state index is -1.08. The van der Waals surface area contributed by atoms with Crippen molar-refractivity contribution in [2.75, 3.05) is 0 Å². The summed E-state index contributed by atoms with van der Waals surface area (Å²) >= 11 is 2.80. The smallest absolute Gasteiger partial charge is 0.326 e. The predicted molar refractivity (Wildman–Crippen MR) is 57.8 cm³/mol. The van der Waals surface area contributed by atoms with Crippen molar-refractivity contribution in [2.45, 2.75) is 6.04 Å². The van der Waals surface area contributed by atoms with E-state index in [2.05, 4.69) is 9.97 Å². The van der Waals surface area contributed by atoms with E-state index in [9.17, 15) is 4.79 Å². The van der Waals surface area contributed by atoms with Gasteiger partial charge < -0.3 is 10.8 Å². The third kappa shape index (κ3) is 2.04. The third-order valence-electron chi connectivity index (χ3n) is 1.72. The molecule has 1 unspecified atom stereocenters. The molecule has 7 heteroatoms. The second-order valence-electron chi connectivity index (χ2n) is 2.73. The average molecular weight is 241 g/mol. The highest BCUT2D eigenvalue weighted by Gasteiger charge is 2.18. The van der Waals surface area contributed by atoms with Crippen LogP contribution in [0.25, 0.3) is 10.0 Å². The summed E-state index contributed by atoms with van der Waals surface area (Å²) in [4.78, 5) is 18.8. The summed E-state index contributed by atoms with van der Waals surface area (Å²) in [5.41, 5.74) is 5.80. The van der Waals surface area contributed by atoms with Crippen LogP contribution in [0.2, 0.25) is 0 Å². The molecule has 0 aliphatic rings. The molecule has 78 valence electrons. The molecule has 2 rings (SSSR count). The summed E-state index contributed by atoms with van der Waals surface area (Å²) < 4.78 is 0. The van der Waals surface area contributed by atoms with Crippen LogP contribution in [0.3, 0.4) is 0 Å². The van der Waals surface area contributed by atoms with Crippen LogP contribution in [0.5, 0.6) is 0 Å². The fourth-order valence-corrected chi connectivity index (χ4v) is 2.53. The van der Waals surface area contributed by atoms with E-state index in [1.807, 2.05) is 5.38 Å². The molecule has 15 heavy (non-hydrogen) atoms. The summed E-state index contributed by atoms with van der Waals surface area (Å²) in [6, 6.07) is -1.06. The van der Waals surface area contributed by atoms with Crippen LogP contribution >= 0.6 is 22.7 Å². The molecule has 0 saturated heterocycles. The van der Waals surface area contributed by atoms with E-state index in [-0.39, 0.29) is 0 Å². The maximum absolute atomic E-state index is 10.6. The number of carbonyl (C=O) groups is 1. The molecular formula is C8H7N3O2S2. The van der Waals surface area contributed by atoms with Crippen molar-refractivity contribution in [3.8, 4) is 10.0 Å². The van der Waals surface area contributed by atoms with Crippen LogP contribution in [0.1, 0.15) is 11.7 Å². The molecule has 0 spiro atoms. The minimum Gasteiger partial charge on any atom is -0.480 e. The van der Waals surface area contributed by atoms with Gasteiger partial charge >= 0.3 is 5.97 Å². The van der Waals surface area contributed by atoms with Gasteiger partial charge in [0.15, 0.2) is 10.0 Å². The van der Waals surface area contributed by atoms with Crippen LogP contribution < -0.4 is 5.73 Å². The number of rotatable bonds is 3. The molecule has 5 nitrogen and oxygen atoms in total. The molecule has 0 radical (unpaired) electrons. The number of nitrogens with two attached hydrogens (primary N) is 1. The molecule has 2 aromatic heterocycles. The fraction of sp³-hybridized carbons (Fsp3) is 0.125. The van der Waals surface area contributed by atoms with E-state index in [0.717, 1.165) is 5.01 Å². The number of aromatic nitrogens is 2. The SMILES string of the molecule is NC(C(=O)O)c1csc(-c2nccs2)n1. The minimum absolute atomic E-state index is 0.373. The maximum Gasteiger partial charge on any atom is 0.326 e. The largest absolute Gasteiger partial charge is 0.480 e. The molecule has 1 atom stereocenters. The Bertz CT molecular complexity index is 466. The van der Waals surface area contributed by atoms with Crippen LogP contribution in [-0.4, -0.2) is 21.0 Å². The molecule has 0 aliphatic heterocycles. The van der Waals surface area contributed by atoms with Gasteiger partial charge in [0, 0.05) is 17.0 Å². The van der Waals surface area contributed by atoms with Crippen molar-refractivity contribution >= 4 is 28.6 Å². The van der Waals surface area contributed by atoms with Crippen molar-refractivity contribution in [1.82, 2.24) is 9.97 Å². The quantitative estimate of drug-likeness (QED) is 0.846. The molecule has 0 fully saturated rings. The lowest BCUT2D eigenvalue weighted by molar-refractivity contribution is -0.138. The Hall–Kier alpha value is -1.31. The zero-order chi connectivity index (χ0) is 10.8. The summed E-state index contributed by atoms with van der Waals surface area (Å²) in [6.45, 7) is 0. The third-order valence-corrected chi connectivity index (χ3v) is 3.50. The number of thiazole rings is 2. The van der Waals surface area contributed by atoms with E-state index < -0.39 is 12.0 Å². The first-order valence-electron chi connectivity index (χ1n) is 4.02. The second-order valence-corrected chi connectivity index (χ2v) is 4.48. The lowest BCUT2D eigenvalue weighted by Crippen LogP contribution is -2.20. The Morgan fingerprint density at radius 3 is 2.87 bits per heavy atom. The number of nitrogens with zero attached hydrogens (tertiary/aromatic N) is 2. The first-order valence-corrected chi connectivity index (χ1v) is 5.78. The Morgan fingerprint density at radius 2 is 2.27 bits per heavy atom. The lowest BCUT2D eigenvalue weighted by atomic mass is 10.2. The van der Waals surface area contributed by atoms with Crippen molar-refractivity contribution in [3.05, 3.63) is 22.7 Å². The normalized spacial score (nSPS) is 12.6. The van der Waals surface area contributed by atoms with E-state index in [1.54, 1.807) is 11.6 Å². The van der Waals surface area contributed by atoms with Crippen LogP contribution in [0.15, 0.2) is 17.0 Å². The Labute approximate surface area is 93.2 Å². The van der Waals surface area contributed by atoms with Crippen molar-refractivity contribution in [1.29, 1.82) is 0 Å². The van der Waals surface area contributed by atoms with E-state index in [0.29, 0.717) is 10.7 Å². The fourth-order valence-electron chi connectivity index (χ4n) is 0.983. The molecule has 0 saturated carbocycles. The Morgan fingerprint density at radius 1 is 1.47 bits per heavy atom. The zero-order valence-electron chi connectivity index (χ0n) is 7.45. The van der Waals surface area contributed by atoms with Gasteiger partial charge in [0.1, 0.15) is 6.04 Å². The van der Waals surface area contributed by atoms with Crippen LogP contribution in [0.4, 0.5) is 0 Å². The summed E-state index contributed by atoms with van der Waals surface area (Å²) in [7, 11) is 0. The molecular weight excluding hydrogens is 234 g/mol. The molecule has 2 aromatic rings. The van der Waals surface area contributed by atoms with Gasteiger partial charge in [-0.15, -0.1) is 22.7 Å². The van der Waals surface area contributed by atoms with Crippen molar-refractivity contribution in [2.24, 2.45) is 5.73 Å². The topological polar surface area (TPSA) is 89.1 Å². The van der Waals surface area contributed by atoms with Crippen LogP contribution in [-0.2, 0) is 4.79 Å². The first-order chi connectivity index (χ1) is 7.18. The number of hydrogen-bond donors (Lipinski definition) is 2. The second kappa shape index (κ2) is 4.05. The van der Waals surface area contributed by atoms with Gasteiger partial charge in [-0.3, -0.25) is 4.79 Å². The molecule has 0 amide bonds. The highest BCUT2D eigenvalue weighted by Crippen LogP contribution is 2.27. The van der Waals surface area contributed by atoms with E-state index >= 15 is 0 Å². The standard InChI is InChI=1S/C8H7N3O2S2/c9-5(8(12)13)4-3-15-7(11-4)6-10-1-2-14-6/h1-3,5H,9H2,(H,12,13). The van der Waals surface area contributed by atoms with Gasteiger partial charge in [0.2, 0.25) is 0 Å². The average Bonchev–Trinajstić information content (AvgIpc) is 2.86. The summed E-state index contributed by atoms with van der Waals surface area (Å²) in [5.74, 6) is -1.08. The van der Waals surface area contributed by atoms with Gasteiger partial charge in [-0.2, -0.15) is 0 Å². The van der Waals surface area contributed by atoms with Gasteiger partial charge in [-0.05, 0) is 0 Å². The molecule has 0 bridgehead atoms. The highest BCUT2D eigenvalue weighted by atomic mass is 32.1. The number of carboxylic acids is 1. The van der Waals surface area contributed by atoms with Gasteiger partial charge in [0.05, 0.1) is 5.69 Å². The Balaban J connectivity index is 2.28. The van der Waals surface area contributed by atoms with Gasteiger partial charge in [-0.1, -0.05) is 0 Å². The molecule has 0 aliphatic carbocycles.